The lowest BCUT2D eigenvalue weighted by Gasteiger charge is -2.39. The quantitative estimate of drug-likeness (QED) is 0.855. The maximum Gasteiger partial charge on any atom is 0.221 e. The van der Waals surface area contributed by atoms with Crippen LogP contribution in [-0.4, -0.2) is 41.4 Å². The van der Waals surface area contributed by atoms with Gasteiger partial charge < -0.3 is 20.1 Å². The average Bonchev–Trinajstić information content (AvgIpc) is 2.60. The molecule has 0 amide bonds. The Morgan fingerprint density at radius 2 is 1.96 bits per heavy atom. The number of halogens is 1. The van der Waals surface area contributed by atoms with Crippen LogP contribution in [0, 0.1) is 13.8 Å². The van der Waals surface area contributed by atoms with Gasteiger partial charge in [0.15, 0.2) is 0 Å². The number of morpholine rings is 1. The van der Waals surface area contributed by atoms with Crippen LogP contribution in [0.2, 0.25) is 5.02 Å². The molecule has 4 rings (SSSR count). The van der Waals surface area contributed by atoms with Crippen molar-refractivity contribution in [1.29, 1.82) is 0 Å². The molecule has 1 aromatic carbocycles. The minimum absolute atomic E-state index is 0.138. The van der Waals surface area contributed by atoms with Crippen LogP contribution in [0.1, 0.15) is 24.0 Å². The standard InChI is InChI=1S/C19H23ClN4O2/c1-11-3-4-17(16(20)5-11)24-18-12(2)19(22-10-21-18)26-15-6-13-8-25-9-14(7-15)23-13/h3-5,10,13-15,23H,6-9H2,1-2H3,(H,21,22,24). The first kappa shape index (κ1) is 17.5. The Kier molecular flexibility index (Phi) is 4.98. The summed E-state index contributed by atoms with van der Waals surface area (Å²) in [5.41, 5.74) is 2.81. The molecule has 2 atom stereocenters. The highest BCUT2D eigenvalue weighted by atomic mass is 35.5. The number of piperidine rings is 1. The Bertz CT molecular complexity index is 789. The average molecular weight is 375 g/mol. The van der Waals surface area contributed by atoms with E-state index in [1.54, 1.807) is 0 Å². The van der Waals surface area contributed by atoms with Gasteiger partial charge in [0.2, 0.25) is 5.88 Å². The second-order valence-electron chi connectivity index (χ2n) is 7.07. The number of rotatable bonds is 4. The molecule has 0 saturated carbocycles. The molecule has 7 heteroatoms. The topological polar surface area (TPSA) is 68.3 Å². The lowest BCUT2D eigenvalue weighted by atomic mass is 9.95. The minimum atomic E-state index is 0.138. The molecular weight excluding hydrogens is 352 g/mol. The number of benzene rings is 1. The van der Waals surface area contributed by atoms with E-state index in [2.05, 4.69) is 20.6 Å². The summed E-state index contributed by atoms with van der Waals surface area (Å²) >= 11 is 6.33. The van der Waals surface area contributed by atoms with Crippen molar-refractivity contribution in [3.05, 3.63) is 40.7 Å². The first-order chi connectivity index (χ1) is 12.6. The molecule has 2 N–H and O–H groups in total. The summed E-state index contributed by atoms with van der Waals surface area (Å²) in [6, 6.07) is 6.61. The molecule has 138 valence electrons. The van der Waals surface area contributed by atoms with Gasteiger partial charge in [-0.15, -0.1) is 0 Å². The van der Waals surface area contributed by atoms with E-state index in [9.17, 15) is 0 Å². The lowest BCUT2D eigenvalue weighted by Crippen LogP contribution is -2.56. The third-order valence-corrected chi connectivity index (χ3v) is 5.21. The number of anilines is 2. The van der Waals surface area contributed by atoms with Crippen LogP contribution in [0.4, 0.5) is 11.5 Å². The predicted molar refractivity (Wildman–Crippen MR) is 101 cm³/mol. The van der Waals surface area contributed by atoms with Crippen molar-refractivity contribution < 1.29 is 9.47 Å². The van der Waals surface area contributed by atoms with Gasteiger partial charge in [-0.05, 0) is 31.5 Å². The van der Waals surface area contributed by atoms with E-state index >= 15 is 0 Å². The zero-order valence-electron chi connectivity index (χ0n) is 15.0. The summed E-state index contributed by atoms with van der Waals surface area (Å²) in [6.07, 6.45) is 3.51. The summed E-state index contributed by atoms with van der Waals surface area (Å²) in [5.74, 6) is 1.33. The van der Waals surface area contributed by atoms with Crippen molar-refractivity contribution in [1.82, 2.24) is 15.3 Å². The molecule has 2 saturated heterocycles. The van der Waals surface area contributed by atoms with Crippen molar-refractivity contribution >= 4 is 23.1 Å². The van der Waals surface area contributed by atoms with Crippen LogP contribution in [0.15, 0.2) is 24.5 Å². The number of ether oxygens (including phenoxy) is 2. The first-order valence-electron chi connectivity index (χ1n) is 8.93. The van der Waals surface area contributed by atoms with Gasteiger partial charge in [-0.3, -0.25) is 0 Å². The van der Waals surface area contributed by atoms with Gasteiger partial charge >= 0.3 is 0 Å². The Hall–Kier alpha value is -1.89. The van der Waals surface area contributed by atoms with Crippen molar-refractivity contribution in [2.24, 2.45) is 0 Å². The summed E-state index contributed by atoms with van der Waals surface area (Å²) in [4.78, 5) is 8.70. The Morgan fingerprint density at radius 3 is 2.69 bits per heavy atom. The van der Waals surface area contributed by atoms with E-state index in [1.807, 2.05) is 32.0 Å². The monoisotopic (exact) mass is 374 g/mol. The van der Waals surface area contributed by atoms with Crippen LogP contribution >= 0.6 is 11.6 Å². The van der Waals surface area contributed by atoms with E-state index < -0.39 is 0 Å². The Morgan fingerprint density at radius 1 is 1.19 bits per heavy atom. The molecule has 2 bridgehead atoms. The van der Waals surface area contributed by atoms with Gasteiger partial charge in [-0.2, -0.15) is 0 Å². The maximum absolute atomic E-state index is 6.33. The summed E-state index contributed by atoms with van der Waals surface area (Å²) in [7, 11) is 0. The molecule has 26 heavy (non-hydrogen) atoms. The lowest BCUT2D eigenvalue weighted by molar-refractivity contribution is -0.0134. The molecule has 2 fully saturated rings. The second kappa shape index (κ2) is 7.39. The Labute approximate surface area is 158 Å². The van der Waals surface area contributed by atoms with Gasteiger partial charge in [-0.1, -0.05) is 17.7 Å². The van der Waals surface area contributed by atoms with Gasteiger partial charge in [0.1, 0.15) is 18.2 Å². The van der Waals surface area contributed by atoms with Crippen molar-refractivity contribution in [3.8, 4) is 5.88 Å². The van der Waals surface area contributed by atoms with Crippen molar-refractivity contribution in [2.75, 3.05) is 18.5 Å². The molecule has 2 unspecified atom stereocenters. The number of fused-ring (bicyclic) bond motifs is 2. The molecule has 1 aromatic heterocycles. The number of aryl methyl sites for hydroxylation is 1. The fourth-order valence-electron chi connectivity index (χ4n) is 3.57. The van der Waals surface area contributed by atoms with Crippen LogP contribution in [0.5, 0.6) is 5.88 Å². The third kappa shape index (κ3) is 3.77. The van der Waals surface area contributed by atoms with Gasteiger partial charge in [0, 0.05) is 24.9 Å². The third-order valence-electron chi connectivity index (χ3n) is 4.90. The molecule has 0 aliphatic carbocycles. The second-order valence-corrected chi connectivity index (χ2v) is 7.48. The molecule has 2 aliphatic rings. The highest BCUT2D eigenvalue weighted by Gasteiger charge is 2.33. The number of hydrogen-bond acceptors (Lipinski definition) is 6. The van der Waals surface area contributed by atoms with Crippen LogP contribution in [-0.2, 0) is 4.74 Å². The number of aromatic nitrogens is 2. The molecule has 2 aromatic rings. The van der Waals surface area contributed by atoms with E-state index in [4.69, 9.17) is 21.1 Å². The first-order valence-corrected chi connectivity index (χ1v) is 9.31. The van der Waals surface area contributed by atoms with E-state index in [1.165, 1.54) is 6.33 Å². The molecule has 0 spiro atoms. The number of nitrogens with zero attached hydrogens (tertiary/aromatic N) is 2. The molecule has 6 nitrogen and oxygen atoms in total. The highest BCUT2D eigenvalue weighted by Crippen LogP contribution is 2.30. The Balaban J connectivity index is 1.50. The van der Waals surface area contributed by atoms with E-state index in [-0.39, 0.29) is 6.10 Å². The zero-order chi connectivity index (χ0) is 18.1. The van der Waals surface area contributed by atoms with Crippen LogP contribution in [0.25, 0.3) is 0 Å². The molecule has 0 radical (unpaired) electrons. The van der Waals surface area contributed by atoms with Crippen LogP contribution < -0.4 is 15.4 Å². The van der Waals surface area contributed by atoms with Crippen LogP contribution in [0.3, 0.4) is 0 Å². The summed E-state index contributed by atoms with van der Waals surface area (Å²) in [6.45, 7) is 5.47. The van der Waals surface area contributed by atoms with Crippen molar-refractivity contribution in [2.45, 2.75) is 44.9 Å². The summed E-state index contributed by atoms with van der Waals surface area (Å²) < 4.78 is 11.8. The fraction of sp³-hybridized carbons (Fsp3) is 0.474. The number of hydrogen-bond donors (Lipinski definition) is 2. The summed E-state index contributed by atoms with van der Waals surface area (Å²) in [5, 5.41) is 7.53. The zero-order valence-corrected chi connectivity index (χ0v) is 15.7. The SMILES string of the molecule is Cc1ccc(Nc2ncnc(OC3CC4COCC(C3)N4)c2C)c(Cl)c1. The predicted octanol–water partition coefficient (Wildman–Crippen LogP) is 3.39. The van der Waals surface area contributed by atoms with Gasteiger partial charge in [0.05, 0.1) is 29.5 Å². The molecule has 3 heterocycles. The number of nitrogens with one attached hydrogen (secondary N) is 2. The normalized spacial score (nSPS) is 25.0. The van der Waals surface area contributed by atoms with Gasteiger partial charge in [0.25, 0.3) is 0 Å². The molecule has 2 aliphatic heterocycles. The van der Waals surface area contributed by atoms with E-state index in [0.29, 0.717) is 28.8 Å². The largest absolute Gasteiger partial charge is 0.474 e. The fourth-order valence-corrected chi connectivity index (χ4v) is 3.85. The smallest absolute Gasteiger partial charge is 0.221 e. The highest BCUT2D eigenvalue weighted by molar-refractivity contribution is 6.33. The van der Waals surface area contributed by atoms with E-state index in [0.717, 1.165) is 42.9 Å². The minimum Gasteiger partial charge on any atom is -0.474 e. The maximum atomic E-state index is 6.33. The molecular formula is C19H23ClN4O2. The van der Waals surface area contributed by atoms with Gasteiger partial charge in [-0.25, -0.2) is 9.97 Å². The van der Waals surface area contributed by atoms with Crippen molar-refractivity contribution in [3.63, 3.8) is 0 Å².